The third-order valence-electron chi connectivity index (χ3n) is 11.5. The minimum absolute atomic E-state index is 0.512. The Bertz CT molecular complexity index is 2690. The molecule has 2 aliphatic heterocycles. The Morgan fingerprint density at radius 2 is 0.712 bits per heavy atom. The van der Waals surface area contributed by atoms with Gasteiger partial charge in [0.25, 0.3) is 0 Å². The molecule has 2 heteroatoms. The molecule has 9 aromatic rings. The lowest BCUT2D eigenvalue weighted by molar-refractivity contribution is 1.35. The van der Waals surface area contributed by atoms with E-state index in [9.17, 15) is 0 Å². The van der Waals surface area contributed by atoms with Gasteiger partial charge in [-0.05, 0) is 123 Å². The van der Waals surface area contributed by atoms with E-state index < -0.39 is 15.8 Å². The standard InChI is InChI=1S/C50H36P2/c1-3-13-41-35(9-1)23-25-39-31-52(32-40-26-24-36-10-2-4-14-42(36)50(40)49(39)41)48-18-6-5-17-47(48)51-29-33-19-21-37-11-7-15-43(45(37)27-33)44-16-8-12-38-22-20-34(30-51)28-46(38)44/h1-28H,29-32H2. The minimum Gasteiger partial charge on any atom is -0.0657 e. The van der Waals surface area contributed by atoms with Crippen molar-refractivity contribution in [2.75, 3.05) is 0 Å². The Labute approximate surface area is 307 Å². The van der Waals surface area contributed by atoms with Crippen LogP contribution in [0.2, 0.25) is 0 Å². The number of hydrogen-bond acceptors (Lipinski definition) is 0. The highest BCUT2D eigenvalue weighted by Crippen LogP contribution is 2.54. The summed E-state index contributed by atoms with van der Waals surface area (Å²) in [4.78, 5) is 0. The van der Waals surface area contributed by atoms with E-state index in [0.717, 1.165) is 24.6 Å². The van der Waals surface area contributed by atoms with Crippen LogP contribution in [0.3, 0.4) is 0 Å². The lowest BCUT2D eigenvalue weighted by atomic mass is 9.88. The molecular formula is C50H36P2. The first-order chi connectivity index (χ1) is 25.7. The number of rotatable bonds is 2. The van der Waals surface area contributed by atoms with Crippen molar-refractivity contribution in [1.29, 1.82) is 0 Å². The van der Waals surface area contributed by atoms with Crippen LogP contribution in [0.25, 0.3) is 65.3 Å². The maximum atomic E-state index is 2.51. The molecule has 2 aliphatic rings. The topological polar surface area (TPSA) is 0 Å². The summed E-state index contributed by atoms with van der Waals surface area (Å²) < 4.78 is 0. The van der Waals surface area contributed by atoms with E-state index in [0.29, 0.717) is 0 Å². The van der Waals surface area contributed by atoms with Crippen molar-refractivity contribution in [3.05, 3.63) is 192 Å². The summed E-state index contributed by atoms with van der Waals surface area (Å²) in [6.45, 7) is 0. The molecule has 2 heterocycles. The van der Waals surface area contributed by atoms with Crippen molar-refractivity contribution in [2.24, 2.45) is 0 Å². The predicted molar refractivity (Wildman–Crippen MR) is 228 cm³/mol. The molecule has 0 fully saturated rings. The van der Waals surface area contributed by atoms with Crippen LogP contribution in [0.4, 0.5) is 0 Å². The van der Waals surface area contributed by atoms with Crippen LogP contribution in [0, 0.1) is 0 Å². The van der Waals surface area contributed by atoms with E-state index >= 15 is 0 Å². The van der Waals surface area contributed by atoms with Crippen molar-refractivity contribution in [3.8, 4) is 22.3 Å². The SMILES string of the molecule is c1ccc(P2Cc3ccc4ccccc4c3-c3c(ccc4ccccc34)C2)c(P2Cc3ccc4cccc(c4c3)-c3cccc4ccc(cc34)C2)c1. The van der Waals surface area contributed by atoms with Crippen LogP contribution >= 0.6 is 15.8 Å². The Morgan fingerprint density at radius 3 is 1.23 bits per heavy atom. The summed E-state index contributed by atoms with van der Waals surface area (Å²) in [6, 6.07) is 65.4. The van der Waals surface area contributed by atoms with Crippen molar-refractivity contribution < 1.29 is 0 Å². The van der Waals surface area contributed by atoms with Gasteiger partial charge in [0.05, 0.1) is 0 Å². The molecule has 0 aliphatic carbocycles. The Balaban J connectivity index is 1.10. The van der Waals surface area contributed by atoms with Gasteiger partial charge in [0.15, 0.2) is 0 Å². The normalized spacial score (nSPS) is 14.5. The van der Waals surface area contributed by atoms with Crippen LogP contribution in [0.15, 0.2) is 170 Å². The van der Waals surface area contributed by atoms with E-state index in [1.54, 1.807) is 10.6 Å². The maximum Gasteiger partial charge on any atom is -0.00232 e. The molecule has 0 amide bonds. The largest absolute Gasteiger partial charge is 0.0657 e. The zero-order chi connectivity index (χ0) is 34.2. The zero-order valence-electron chi connectivity index (χ0n) is 28.9. The van der Waals surface area contributed by atoms with Crippen LogP contribution in [0.1, 0.15) is 22.3 Å². The van der Waals surface area contributed by atoms with Gasteiger partial charge >= 0.3 is 0 Å². The molecule has 0 saturated carbocycles. The summed E-state index contributed by atoms with van der Waals surface area (Å²) >= 11 is 0. The summed E-state index contributed by atoms with van der Waals surface area (Å²) in [5.74, 6) is 0. The van der Waals surface area contributed by atoms with E-state index in [1.807, 2.05) is 0 Å². The van der Waals surface area contributed by atoms with Gasteiger partial charge in [0.2, 0.25) is 0 Å². The smallest absolute Gasteiger partial charge is 0.00232 e. The van der Waals surface area contributed by atoms with Crippen molar-refractivity contribution >= 4 is 69.5 Å². The monoisotopic (exact) mass is 698 g/mol. The van der Waals surface area contributed by atoms with Gasteiger partial charge in [-0.25, -0.2) is 0 Å². The summed E-state index contributed by atoms with van der Waals surface area (Å²) in [5.41, 5.74) is 11.5. The van der Waals surface area contributed by atoms with Crippen LogP contribution in [-0.2, 0) is 24.6 Å². The van der Waals surface area contributed by atoms with Gasteiger partial charge in [0.1, 0.15) is 0 Å². The van der Waals surface area contributed by atoms with E-state index in [4.69, 9.17) is 0 Å². The third-order valence-corrected chi connectivity index (χ3v) is 16.8. The molecule has 11 rings (SSSR count). The number of benzene rings is 9. The number of hydrogen-bond donors (Lipinski definition) is 0. The van der Waals surface area contributed by atoms with E-state index in [1.165, 1.54) is 87.6 Å². The fraction of sp³-hybridized carbons (Fsp3) is 0.0800. The lowest BCUT2D eigenvalue weighted by Crippen LogP contribution is -2.23. The summed E-state index contributed by atoms with van der Waals surface area (Å²) in [5, 5.41) is 14.0. The molecule has 9 aromatic carbocycles. The van der Waals surface area contributed by atoms with Gasteiger partial charge < -0.3 is 0 Å². The molecule has 0 atom stereocenters. The van der Waals surface area contributed by atoms with Crippen LogP contribution in [0.5, 0.6) is 0 Å². The highest BCUT2D eigenvalue weighted by atomic mass is 31.1. The quantitative estimate of drug-likeness (QED) is 0.158. The third kappa shape index (κ3) is 4.97. The summed E-state index contributed by atoms with van der Waals surface area (Å²) in [7, 11) is -1.04. The summed E-state index contributed by atoms with van der Waals surface area (Å²) in [6.07, 6.45) is 4.35. The van der Waals surface area contributed by atoms with Gasteiger partial charge in [-0.3, -0.25) is 0 Å². The Hall–Kier alpha value is -5.12. The van der Waals surface area contributed by atoms with Crippen molar-refractivity contribution in [2.45, 2.75) is 24.6 Å². The molecule has 246 valence electrons. The number of fused-ring (bicyclic) bond motifs is 10. The average Bonchev–Trinajstić information content (AvgIpc) is 3.38. The van der Waals surface area contributed by atoms with Gasteiger partial charge in [-0.1, -0.05) is 186 Å². The highest BCUT2D eigenvalue weighted by Gasteiger charge is 2.28. The van der Waals surface area contributed by atoms with Crippen molar-refractivity contribution in [3.63, 3.8) is 0 Å². The molecule has 0 aromatic heterocycles. The van der Waals surface area contributed by atoms with Crippen LogP contribution < -0.4 is 10.6 Å². The maximum absolute atomic E-state index is 2.51. The minimum atomic E-state index is -0.530. The second-order valence-corrected chi connectivity index (χ2v) is 19.0. The Kier molecular flexibility index (Phi) is 7.18. The molecule has 0 saturated heterocycles. The predicted octanol–water partition coefficient (Wildman–Crippen LogP) is 13.3. The molecule has 0 unspecified atom stereocenters. The molecule has 52 heavy (non-hydrogen) atoms. The van der Waals surface area contributed by atoms with Gasteiger partial charge in [-0.2, -0.15) is 0 Å². The molecular weight excluding hydrogens is 662 g/mol. The first kappa shape index (κ1) is 30.5. The molecule has 0 nitrogen and oxygen atoms in total. The Morgan fingerprint density at radius 1 is 0.308 bits per heavy atom. The first-order valence-corrected chi connectivity index (χ1v) is 21.8. The molecule has 4 bridgehead atoms. The molecule has 0 N–H and O–H groups in total. The fourth-order valence-corrected chi connectivity index (χ4v) is 14.9. The lowest BCUT2D eigenvalue weighted by Gasteiger charge is -2.26. The molecule has 0 radical (unpaired) electrons. The van der Waals surface area contributed by atoms with Crippen molar-refractivity contribution in [1.82, 2.24) is 0 Å². The molecule has 0 spiro atoms. The second-order valence-electron chi connectivity index (χ2n) is 14.6. The highest BCUT2D eigenvalue weighted by molar-refractivity contribution is 7.70. The van der Waals surface area contributed by atoms with Gasteiger partial charge in [-0.15, -0.1) is 0 Å². The second kappa shape index (κ2) is 12.2. The fourth-order valence-electron chi connectivity index (χ4n) is 9.10. The van der Waals surface area contributed by atoms with E-state index in [-0.39, 0.29) is 0 Å². The van der Waals surface area contributed by atoms with E-state index in [2.05, 4.69) is 170 Å². The zero-order valence-corrected chi connectivity index (χ0v) is 30.7. The average molecular weight is 699 g/mol. The first-order valence-electron chi connectivity index (χ1n) is 18.4. The van der Waals surface area contributed by atoms with Gasteiger partial charge in [0, 0.05) is 0 Å². The van der Waals surface area contributed by atoms with Crippen LogP contribution in [-0.4, -0.2) is 0 Å².